The van der Waals surface area contributed by atoms with E-state index >= 15 is 0 Å². The number of aryl methyl sites for hydroxylation is 2. The summed E-state index contributed by atoms with van der Waals surface area (Å²) in [4.78, 5) is 0. The zero-order chi connectivity index (χ0) is 13.7. The van der Waals surface area contributed by atoms with Crippen molar-refractivity contribution in [2.75, 3.05) is 6.54 Å². The molecule has 1 atom stereocenters. The summed E-state index contributed by atoms with van der Waals surface area (Å²) in [6, 6.07) is 7.44. The summed E-state index contributed by atoms with van der Waals surface area (Å²) in [6.45, 7) is 7.75. The van der Waals surface area contributed by atoms with Crippen LogP contribution < -0.4 is 5.32 Å². The highest BCUT2D eigenvalue weighted by atomic mass is 14.9. The van der Waals surface area contributed by atoms with Gasteiger partial charge in [0.2, 0.25) is 0 Å². The van der Waals surface area contributed by atoms with Gasteiger partial charge in [-0.3, -0.25) is 0 Å². The van der Waals surface area contributed by atoms with E-state index in [4.69, 9.17) is 0 Å². The molecule has 1 aliphatic carbocycles. The number of hydrogen-bond acceptors (Lipinski definition) is 1. The van der Waals surface area contributed by atoms with Gasteiger partial charge in [0, 0.05) is 6.04 Å². The maximum atomic E-state index is 3.73. The lowest BCUT2D eigenvalue weighted by Gasteiger charge is -2.21. The quantitative estimate of drug-likeness (QED) is 0.748. The first-order valence-corrected chi connectivity index (χ1v) is 7.69. The van der Waals surface area contributed by atoms with Crippen LogP contribution in [0.2, 0.25) is 0 Å². The average Bonchev–Trinajstić information content (AvgIpc) is 2.92. The van der Waals surface area contributed by atoms with E-state index in [2.05, 4.69) is 50.4 Å². The molecule has 0 amide bonds. The number of rotatable bonds is 6. The van der Waals surface area contributed by atoms with Gasteiger partial charge < -0.3 is 5.32 Å². The maximum absolute atomic E-state index is 3.73. The van der Waals surface area contributed by atoms with Crippen LogP contribution in [0, 0.1) is 13.8 Å². The molecule has 1 heteroatoms. The van der Waals surface area contributed by atoms with E-state index in [-0.39, 0.29) is 0 Å². The molecule has 1 nitrogen and oxygen atoms in total. The monoisotopic (exact) mass is 257 g/mol. The van der Waals surface area contributed by atoms with Crippen LogP contribution in [-0.4, -0.2) is 12.6 Å². The molecule has 2 rings (SSSR count). The smallest absolute Gasteiger partial charge is 0.0320 e. The largest absolute Gasteiger partial charge is 0.310 e. The van der Waals surface area contributed by atoms with Crippen molar-refractivity contribution in [1.82, 2.24) is 5.32 Å². The van der Waals surface area contributed by atoms with Crippen LogP contribution in [0.1, 0.15) is 49.3 Å². The van der Waals surface area contributed by atoms with Crippen LogP contribution in [0.5, 0.6) is 0 Å². The highest BCUT2D eigenvalue weighted by Crippen LogP contribution is 2.23. The third-order valence-electron chi connectivity index (χ3n) is 4.18. The highest BCUT2D eigenvalue weighted by molar-refractivity contribution is 5.31. The van der Waals surface area contributed by atoms with Crippen molar-refractivity contribution in [3.05, 3.63) is 46.5 Å². The first-order valence-electron chi connectivity index (χ1n) is 7.69. The molecule has 0 saturated heterocycles. The Balaban J connectivity index is 2.07. The topological polar surface area (TPSA) is 12.0 Å². The first-order chi connectivity index (χ1) is 9.20. The van der Waals surface area contributed by atoms with E-state index in [0.29, 0.717) is 6.04 Å². The van der Waals surface area contributed by atoms with E-state index in [0.717, 1.165) is 13.0 Å². The predicted octanol–water partition coefficient (Wildman–Crippen LogP) is 4.32. The zero-order valence-corrected chi connectivity index (χ0v) is 12.6. The lowest BCUT2D eigenvalue weighted by atomic mass is 9.96. The number of benzene rings is 1. The molecule has 0 spiro atoms. The minimum absolute atomic E-state index is 0.546. The van der Waals surface area contributed by atoms with Crippen LogP contribution in [0.15, 0.2) is 29.8 Å². The minimum atomic E-state index is 0.546. The van der Waals surface area contributed by atoms with Gasteiger partial charge in [0.25, 0.3) is 0 Å². The average molecular weight is 257 g/mol. The van der Waals surface area contributed by atoms with Crippen LogP contribution in [0.4, 0.5) is 0 Å². The fourth-order valence-corrected chi connectivity index (χ4v) is 2.83. The minimum Gasteiger partial charge on any atom is -0.310 e. The second-order valence-corrected chi connectivity index (χ2v) is 5.80. The van der Waals surface area contributed by atoms with Crippen molar-refractivity contribution in [2.24, 2.45) is 0 Å². The van der Waals surface area contributed by atoms with E-state index in [1.807, 2.05) is 0 Å². The summed E-state index contributed by atoms with van der Waals surface area (Å²) in [6.07, 6.45) is 8.68. The Morgan fingerprint density at radius 1 is 1.21 bits per heavy atom. The molecule has 1 aromatic rings. The second-order valence-electron chi connectivity index (χ2n) is 5.80. The Labute approximate surface area is 118 Å². The van der Waals surface area contributed by atoms with Gasteiger partial charge in [-0.1, -0.05) is 36.8 Å². The van der Waals surface area contributed by atoms with Gasteiger partial charge in [0.05, 0.1) is 0 Å². The van der Waals surface area contributed by atoms with Gasteiger partial charge in [-0.25, -0.2) is 0 Å². The molecule has 0 heterocycles. The molecule has 1 aromatic carbocycles. The molecule has 0 aliphatic heterocycles. The molecule has 104 valence electrons. The van der Waals surface area contributed by atoms with Gasteiger partial charge in [-0.15, -0.1) is 0 Å². The van der Waals surface area contributed by atoms with E-state index in [1.54, 1.807) is 5.57 Å². The maximum Gasteiger partial charge on any atom is 0.0320 e. The molecule has 19 heavy (non-hydrogen) atoms. The Hall–Kier alpha value is -1.08. The van der Waals surface area contributed by atoms with Crippen molar-refractivity contribution in [3.63, 3.8) is 0 Å². The second kappa shape index (κ2) is 6.91. The SMILES string of the molecule is CCCNC(Cc1ccc(C)c(C)c1)C1=CCCC1. The molecule has 1 unspecified atom stereocenters. The Kier molecular flexibility index (Phi) is 5.21. The van der Waals surface area contributed by atoms with Gasteiger partial charge in [0.1, 0.15) is 0 Å². The normalized spacial score (nSPS) is 16.5. The lowest BCUT2D eigenvalue weighted by Crippen LogP contribution is -2.33. The fraction of sp³-hybridized carbons (Fsp3) is 0.556. The molecular weight excluding hydrogens is 230 g/mol. The van der Waals surface area contributed by atoms with Crippen molar-refractivity contribution >= 4 is 0 Å². The number of allylic oxidation sites excluding steroid dienone is 1. The van der Waals surface area contributed by atoms with Crippen LogP contribution in [-0.2, 0) is 6.42 Å². The summed E-state index contributed by atoms with van der Waals surface area (Å²) >= 11 is 0. The number of nitrogens with one attached hydrogen (secondary N) is 1. The van der Waals surface area contributed by atoms with Crippen LogP contribution in [0.3, 0.4) is 0 Å². The van der Waals surface area contributed by atoms with Crippen molar-refractivity contribution in [3.8, 4) is 0 Å². The summed E-state index contributed by atoms with van der Waals surface area (Å²) in [5.41, 5.74) is 5.89. The zero-order valence-electron chi connectivity index (χ0n) is 12.6. The summed E-state index contributed by atoms with van der Waals surface area (Å²) < 4.78 is 0. The predicted molar refractivity (Wildman–Crippen MR) is 83.6 cm³/mol. The summed E-state index contributed by atoms with van der Waals surface area (Å²) in [5.74, 6) is 0. The Bertz CT molecular complexity index is 445. The van der Waals surface area contributed by atoms with Gasteiger partial charge in [-0.05, 0) is 69.2 Å². The van der Waals surface area contributed by atoms with E-state index < -0.39 is 0 Å². The van der Waals surface area contributed by atoms with Crippen molar-refractivity contribution < 1.29 is 0 Å². The summed E-state index contributed by atoms with van der Waals surface area (Å²) in [7, 11) is 0. The number of hydrogen-bond donors (Lipinski definition) is 1. The fourth-order valence-electron chi connectivity index (χ4n) is 2.83. The van der Waals surface area contributed by atoms with Gasteiger partial charge >= 0.3 is 0 Å². The van der Waals surface area contributed by atoms with Crippen LogP contribution >= 0.6 is 0 Å². The van der Waals surface area contributed by atoms with Crippen LogP contribution in [0.25, 0.3) is 0 Å². The van der Waals surface area contributed by atoms with Gasteiger partial charge in [0.15, 0.2) is 0 Å². The molecule has 1 aliphatic rings. The molecule has 0 radical (unpaired) electrons. The standard InChI is InChI=1S/C18H27N/c1-4-11-19-18(17-7-5-6-8-17)13-16-10-9-14(2)15(3)12-16/h7,9-10,12,18-19H,4-6,8,11,13H2,1-3H3. The molecule has 0 saturated carbocycles. The van der Waals surface area contributed by atoms with E-state index in [1.165, 1.54) is 42.4 Å². The Morgan fingerprint density at radius 2 is 2.05 bits per heavy atom. The summed E-state index contributed by atoms with van der Waals surface area (Å²) in [5, 5.41) is 3.73. The first kappa shape index (κ1) is 14.3. The molecule has 0 bridgehead atoms. The highest BCUT2D eigenvalue weighted by Gasteiger charge is 2.17. The molecular formula is C18H27N. The lowest BCUT2D eigenvalue weighted by molar-refractivity contribution is 0.552. The van der Waals surface area contributed by atoms with Gasteiger partial charge in [-0.2, -0.15) is 0 Å². The third kappa shape index (κ3) is 3.94. The third-order valence-corrected chi connectivity index (χ3v) is 4.18. The molecule has 0 aromatic heterocycles. The Morgan fingerprint density at radius 3 is 2.68 bits per heavy atom. The van der Waals surface area contributed by atoms with Crippen molar-refractivity contribution in [1.29, 1.82) is 0 Å². The van der Waals surface area contributed by atoms with E-state index in [9.17, 15) is 0 Å². The van der Waals surface area contributed by atoms with Crippen molar-refractivity contribution in [2.45, 2.75) is 58.9 Å². The molecule has 0 fully saturated rings. The molecule has 1 N–H and O–H groups in total.